The van der Waals surface area contributed by atoms with E-state index in [0.717, 1.165) is 4.90 Å². The number of carboxylic acid groups (broad SMARTS) is 1. The fourth-order valence-electron chi connectivity index (χ4n) is 4.50. The second kappa shape index (κ2) is 7.28. The number of methoxy groups -OCH3 is 2. The maximum atomic E-state index is 13.4. The second-order valence-electron chi connectivity index (χ2n) is 7.77. The van der Waals surface area contributed by atoms with Crippen LogP contribution in [0.3, 0.4) is 0 Å². The number of phenols is 1. The van der Waals surface area contributed by atoms with Crippen LogP contribution in [0.5, 0.6) is 17.2 Å². The van der Waals surface area contributed by atoms with Gasteiger partial charge < -0.3 is 19.7 Å². The molecule has 2 fully saturated rings. The number of rotatable bonds is 5. The van der Waals surface area contributed by atoms with Gasteiger partial charge in [0.25, 0.3) is 0 Å². The quantitative estimate of drug-likeness (QED) is 0.617. The summed E-state index contributed by atoms with van der Waals surface area (Å²) in [6, 6.07) is 10.0. The monoisotopic (exact) mass is 426 g/mol. The van der Waals surface area contributed by atoms with Crippen LogP contribution in [0.2, 0.25) is 0 Å². The lowest BCUT2D eigenvalue weighted by Gasteiger charge is -2.27. The Hall–Kier alpha value is -3.59. The van der Waals surface area contributed by atoms with E-state index in [9.17, 15) is 24.6 Å². The minimum atomic E-state index is -1.70. The smallest absolute Gasteiger partial charge is 0.324 e. The van der Waals surface area contributed by atoms with Crippen molar-refractivity contribution in [3.8, 4) is 17.2 Å². The molecule has 2 aliphatic rings. The molecule has 0 saturated carbocycles. The summed E-state index contributed by atoms with van der Waals surface area (Å²) in [5.41, 5.74) is -1.05. The summed E-state index contributed by atoms with van der Waals surface area (Å²) in [6.07, 6.45) is 0. The number of fused-ring (bicyclic) bond motifs is 1. The Morgan fingerprint density at radius 3 is 2.19 bits per heavy atom. The fourth-order valence-corrected chi connectivity index (χ4v) is 4.50. The van der Waals surface area contributed by atoms with Crippen LogP contribution in [0.15, 0.2) is 42.5 Å². The van der Waals surface area contributed by atoms with Gasteiger partial charge in [0.2, 0.25) is 11.8 Å². The van der Waals surface area contributed by atoms with Gasteiger partial charge in [-0.05, 0) is 37.3 Å². The molecule has 4 rings (SSSR count). The number of aromatic hydroxyl groups is 1. The van der Waals surface area contributed by atoms with Gasteiger partial charge in [0.15, 0.2) is 0 Å². The van der Waals surface area contributed by atoms with Crippen LogP contribution in [0.1, 0.15) is 18.5 Å². The summed E-state index contributed by atoms with van der Waals surface area (Å²) in [6.45, 7) is 1.39. The van der Waals surface area contributed by atoms with Gasteiger partial charge in [-0.15, -0.1) is 0 Å². The van der Waals surface area contributed by atoms with E-state index in [2.05, 4.69) is 5.32 Å². The molecule has 0 spiro atoms. The number of hydrogen-bond donors (Lipinski definition) is 3. The van der Waals surface area contributed by atoms with Crippen molar-refractivity contribution in [3.63, 3.8) is 0 Å². The molecule has 162 valence electrons. The first-order valence-electron chi connectivity index (χ1n) is 9.62. The van der Waals surface area contributed by atoms with Crippen LogP contribution in [-0.2, 0) is 14.4 Å². The van der Waals surface area contributed by atoms with Crippen molar-refractivity contribution in [2.75, 3.05) is 19.1 Å². The highest BCUT2D eigenvalue weighted by Crippen LogP contribution is 2.51. The van der Waals surface area contributed by atoms with E-state index >= 15 is 0 Å². The van der Waals surface area contributed by atoms with Gasteiger partial charge in [-0.2, -0.15) is 0 Å². The lowest BCUT2D eigenvalue weighted by Crippen LogP contribution is -2.53. The highest BCUT2D eigenvalue weighted by atomic mass is 16.5. The van der Waals surface area contributed by atoms with Gasteiger partial charge in [-0.3, -0.25) is 19.7 Å². The number of phenolic OH excluding ortho intramolecular Hbond substituents is 1. The summed E-state index contributed by atoms with van der Waals surface area (Å²) < 4.78 is 10.2. The molecule has 2 aromatic carbocycles. The summed E-state index contributed by atoms with van der Waals surface area (Å²) >= 11 is 0. The standard InChI is InChI=1S/C22H22N2O7/c1-22(21(28)29)17-16(18(23-22)14-9-8-13(31-3)10-15(14)25)19(26)24(20(17)27)11-4-6-12(30-2)7-5-11/h4-10,16-18,23,25H,1-3H3,(H,28,29)/t16-,17+,18-,22-/m0/s1. The lowest BCUT2D eigenvalue weighted by atomic mass is 9.80. The lowest BCUT2D eigenvalue weighted by molar-refractivity contribution is -0.147. The molecule has 4 atom stereocenters. The highest BCUT2D eigenvalue weighted by Gasteiger charge is 2.67. The van der Waals surface area contributed by atoms with Crippen molar-refractivity contribution in [2.24, 2.45) is 11.8 Å². The molecule has 2 saturated heterocycles. The van der Waals surface area contributed by atoms with Crippen LogP contribution in [0, 0.1) is 11.8 Å². The van der Waals surface area contributed by atoms with Crippen LogP contribution in [-0.4, -0.2) is 47.8 Å². The van der Waals surface area contributed by atoms with E-state index in [4.69, 9.17) is 9.47 Å². The molecule has 2 heterocycles. The number of carboxylic acids is 1. The first kappa shape index (κ1) is 20.7. The van der Waals surface area contributed by atoms with Crippen LogP contribution in [0.25, 0.3) is 0 Å². The molecule has 2 amide bonds. The normalized spacial score (nSPS) is 27.3. The topological polar surface area (TPSA) is 125 Å². The Kier molecular flexibility index (Phi) is 4.85. The molecule has 2 aliphatic heterocycles. The van der Waals surface area contributed by atoms with Crippen molar-refractivity contribution >= 4 is 23.5 Å². The van der Waals surface area contributed by atoms with Crippen LogP contribution < -0.4 is 19.7 Å². The Morgan fingerprint density at radius 2 is 1.65 bits per heavy atom. The number of carbonyl (C=O) groups excluding carboxylic acids is 2. The fraction of sp³-hybridized carbons (Fsp3) is 0.318. The Balaban J connectivity index is 1.80. The number of nitrogens with one attached hydrogen (secondary N) is 1. The average molecular weight is 426 g/mol. The van der Waals surface area contributed by atoms with Gasteiger partial charge >= 0.3 is 5.97 Å². The van der Waals surface area contributed by atoms with E-state index < -0.39 is 41.2 Å². The summed E-state index contributed by atoms with van der Waals surface area (Å²) in [7, 11) is 2.95. The van der Waals surface area contributed by atoms with Gasteiger partial charge in [0.05, 0.1) is 31.7 Å². The Labute approximate surface area is 178 Å². The number of ether oxygens (including phenoxy) is 2. The predicted octanol–water partition coefficient (Wildman–Crippen LogP) is 1.70. The molecular weight excluding hydrogens is 404 g/mol. The molecular formula is C22H22N2O7. The zero-order valence-electron chi connectivity index (χ0n) is 17.2. The van der Waals surface area contributed by atoms with Gasteiger partial charge in [-0.1, -0.05) is 6.07 Å². The minimum Gasteiger partial charge on any atom is -0.507 e. The van der Waals surface area contributed by atoms with E-state index in [-0.39, 0.29) is 5.75 Å². The molecule has 0 radical (unpaired) electrons. The number of anilines is 1. The largest absolute Gasteiger partial charge is 0.507 e. The zero-order valence-corrected chi connectivity index (χ0v) is 17.2. The van der Waals surface area contributed by atoms with Gasteiger partial charge in [0.1, 0.15) is 22.8 Å². The summed E-state index contributed by atoms with van der Waals surface area (Å²) in [5.74, 6) is -3.73. The third-order valence-electron chi connectivity index (χ3n) is 6.14. The van der Waals surface area contributed by atoms with Gasteiger partial charge in [0, 0.05) is 17.7 Å². The Morgan fingerprint density at radius 1 is 1.03 bits per heavy atom. The SMILES string of the molecule is COc1ccc(N2C(=O)[C@@H]3[C@H](c4ccc(OC)cc4O)N[C@](C)(C(=O)O)[C@H]3C2=O)cc1. The molecule has 0 aromatic heterocycles. The minimum absolute atomic E-state index is 0.159. The zero-order chi connectivity index (χ0) is 22.5. The van der Waals surface area contributed by atoms with Crippen molar-refractivity contribution in [1.29, 1.82) is 0 Å². The van der Waals surface area contributed by atoms with Crippen molar-refractivity contribution in [2.45, 2.75) is 18.5 Å². The van der Waals surface area contributed by atoms with Crippen molar-refractivity contribution in [3.05, 3.63) is 48.0 Å². The van der Waals surface area contributed by atoms with Crippen molar-refractivity contribution in [1.82, 2.24) is 5.32 Å². The number of imide groups is 1. The van der Waals surface area contributed by atoms with E-state index in [0.29, 0.717) is 22.7 Å². The average Bonchev–Trinajstić information content (AvgIpc) is 3.21. The molecule has 0 bridgehead atoms. The third kappa shape index (κ3) is 3.00. The molecule has 3 N–H and O–H groups in total. The van der Waals surface area contributed by atoms with E-state index in [1.807, 2.05) is 0 Å². The second-order valence-corrected chi connectivity index (χ2v) is 7.77. The number of amides is 2. The molecule has 0 unspecified atom stereocenters. The number of carbonyl (C=O) groups is 3. The summed E-state index contributed by atoms with van der Waals surface area (Å²) in [4.78, 5) is 39.9. The van der Waals surface area contributed by atoms with Crippen LogP contribution in [0.4, 0.5) is 5.69 Å². The molecule has 2 aromatic rings. The maximum absolute atomic E-state index is 13.4. The predicted molar refractivity (Wildman–Crippen MR) is 109 cm³/mol. The van der Waals surface area contributed by atoms with Crippen molar-refractivity contribution < 1.29 is 34.1 Å². The first-order valence-corrected chi connectivity index (χ1v) is 9.62. The van der Waals surface area contributed by atoms with Crippen LogP contribution >= 0.6 is 0 Å². The summed E-state index contributed by atoms with van der Waals surface area (Å²) in [5, 5.41) is 23.4. The first-order chi connectivity index (χ1) is 14.7. The Bertz CT molecular complexity index is 1070. The van der Waals surface area contributed by atoms with E-state index in [1.165, 1.54) is 27.2 Å². The number of nitrogens with zero attached hydrogens (tertiary/aromatic N) is 1. The molecule has 31 heavy (non-hydrogen) atoms. The van der Waals surface area contributed by atoms with E-state index in [1.54, 1.807) is 36.4 Å². The highest BCUT2D eigenvalue weighted by molar-refractivity contribution is 6.24. The number of benzene rings is 2. The maximum Gasteiger partial charge on any atom is 0.324 e. The number of aliphatic carboxylic acids is 1. The third-order valence-corrected chi connectivity index (χ3v) is 6.14. The van der Waals surface area contributed by atoms with Gasteiger partial charge in [-0.25, -0.2) is 4.90 Å². The molecule has 9 nitrogen and oxygen atoms in total. The number of hydrogen-bond acceptors (Lipinski definition) is 7. The molecule has 0 aliphatic carbocycles. The molecule has 9 heteroatoms.